The Hall–Kier alpha value is -0.410. The lowest BCUT2D eigenvalue weighted by Gasteiger charge is -1.88. The predicted octanol–water partition coefficient (Wildman–Crippen LogP) is 3.63. The van der Waals surface area contributed by atoms with Crippen LogP contribution in [0.4, 0.5) is 0 Å². The molecule has 1 nitrogen and oxygen atoms in total. The average molecular weight is 243 g/mol. The van der Waals surface area contributed by atoms with E-state index in [-0.39, 0.29) is 0 Å². The predicted molar refractivity (Wildman–Crippen MR) is 56.6 cm³/mol. The maximum absolute atomic E-state index is 5.49. The van der Waals surface area contributed by atoms with Gasteiger partial charge in [-0.25, -0.2) is 0 Å². The van der Waals surface area contributed by atoms with Crippen molar-refractivity contribution < 1.29 is 4.42 Å². The van der Waals surface area contributed by atoms with Gasteiger partial charge in [-0.1, -0.05) is 15.9 Å². The van der Waals surface area contributed by atoms with Crippen LogP contribution >= 0.6 is 28.6 Å². The van der Waals surface area contributed by atoms with E-state index < -0.39 is 0 Å². The van der Waals surface area contributed by atoms with Crippen LogP contribution < -0.4 is 0 Å². The summed E-state index contributed by atoms with van der Waals surface area (Å²) in [5.41, 5.74) is 0.911. The minimum atomic E-state index is 0.645. The van der Waals surface area contributed by atoms with E-state index in [9.17, 15) is 0 Å². The Morgan fingerprint density at radius 3 is 2.92 bits per heavy atom. The van der Waals surface area contributed by atoms with Gasteiger partial charge in [0.15, 0.2) is 0 Å². The number of halogens is 1. The molecule has 1 heterocycles. The van der Waals surface area contributed by atoms with Gasteiger partial charge in [0.1, 0.15) is 11.3 Å². The summed E-state index contributed by atoms with van der Waals surface area (Å²) in [4.78, 5) is 0. The van der Waals surface area contributed by atoms with E-state index >= 15 is 0 Å². The lowest BCUT2D eigenvalue weighted by atomic mass is 10.2. The van der Waals surface area contributed by atoms with Crippen LogP contribution in [-0.4, -0.2) is 0 Å². The normalized spacial score (nSPS) is 10.8. The van der Waals surface area contributed by atoms with Crippen LogP contribution in [0.25, 0.3) is 11.0 Å². The molecular weight excluding hydrogens is 236 g/mol. The van der Waals surface area contributed by atoms with Gasteiger partial charge in [0.05, 0.1) is 0 Å². The Balaban J connectivity index is 2.67. The number of rotatable bonds is 1. The first-order valence-electron chi connectivity index (χ1n) is 3.58. The van der Waals surface area contributed by atoms with Gasteiger partial charge in [-0.15, -0.1) is 0 Å². The van der Waals surface area contributed by atoms with Gasteiger partial charge in [-0.2, -0.15) is 12.6 Å². The van der Waals surface area contributed by atoms with Crippen molar-refractivity contribution >= 4 is 39.5 Å². The molecule has 0 saturated heterocycles. The maximum atomic E-state index is 5.49. The molecule has 0 aliphatic rings. The SMILES string of the molecule is SCc1cc2ccc(Br)cc2o1. The molecule has 0 fully saturated rings. The lowest BCUT2D eigenvalue weighted by Crippen LogP contribution is -1.63. The molecule has 0 bridgehead atoms. The van der Waals surface area contributed by atoms with Crippen LogP contribution in [0.1, 0.15) is 5.76 Å². The summed E-state index contributed by atoms with van der Waals surface area (Å²) in [5, 5.41) is 1.13. The fourth-order valence-corrected chi connectivity index (χ4v) is 1.63. The third-order valence-corrected chi connectivity index (χ3v) is 2.49. The Labute approximate surface area is 84.3 Å². The van der Waals surface area contributed by atoms with Crippen LogP contribution in [0, 0.1) is 0 Å². The number of benzene rings is 1. The number of hydrogen-bond donors (Lipinski definition) is 1. The van der Waals surface area contributed by atoms with Crippen LogP contribution in [0.3, 0.4) is 0 Å². The molecule has 1 aromatic carbocycles. The summed E-state index contributed by atoms with van der Waals surface area (Å²) in [5.74, 6) is 1.55. The molecule has 0 unspecified atom stereocenters. The Kier molecular flexibility index (Phi) is 2.15. The zero-order valence-electron chi connectivity index (χ0n) is 6.25. The van der Waals surface area contributed by atoms with Crippen molar-refractivity contribution in [3.05, 3.63) is 34.5 Å². The third-order valence-electron chi connectivity index (χ3n) is 1.69. The molecule has 0 N–H and O–H groups in total. The maximum Gasteiger partial charge on any atom is 0.135 e. The minimum Gasteiger partial charge on any atom is -0.460 e. The molecule has 0 aliphatic heterocycles. The Morgan fingerprint density at radius 1 is 1.33 bits per heavy atom. The first kappa shape index (κ1) is 8.20. The third kappa shape index (κ3) is 1.39. The van der Waals surface area contributed by atoms with Crippen molar-refractivity contribution in [3.63, 3.8) is 0 Å². The summed E-state index contributed by atoms with van der Waals surface area (Å²) in [6.07, 6.45) is 0. The van der Waals surface area contributed by atoms with Gasteiger partial charge in [0.2, 0.25) is 0 Å². The summed E-state index contributed by atoms with van der Waals surface area (Å²) in [6.45, 7) is 0. The standard InChI is InChI=1S/C9H7BrOS/c10-7-2-1-6-3-8(5-12)11-9(6)4-7/h1-4,12H,5H2. The highest BCUT2D eigenvalue weighted by Crippen LogP contribution is 2.23. The molecule has 0 spiro atoms. The molecule has 0 atom stereocenters. The number of thiol groups is 1. The van der Waals surface area contributed by atoms with Gasteiger partial charge in [0.25, 0.3) is 0 Å². The highest BCUT2D eigenvalue weighted by molar-refractivity contribution is 9.10. The van der Waals surface area contributed by atoms with Crippen molar-refractivity contribution in [1.82, 2.24) is 0 Å². The average Bonchev–Trinajstić information content (AvgIpc) is 2.46. The number of fused-ring (bicyclic) bond motifs is 1. The van der Waals surface area contributed by atoms with Crippen molar-refractivity contribution in [1.29, 1.82) is 0 Å². The van der Waals surface area contributed by atoms with E-state index in [2.05, 4.69) is 28.6 Å². The monoisotopic (exact) mass is 242 g/mol. The van der Waals surface area contributed by atoms with Gasteiger partial charge < -0.3 is 4.42 Å². The Morgan fingerprint density at radius 2 is 2.17 bits per heavy atom. The van der Waals surface area contributed by atoms with Crippen LogP contribution in [-0.2, 0) is 5.75 Å². The van der Waals surface area contributed by atoms with Gasteiger partial charge in [0, 0.05) is 15.6 Å². The zero-order valence-corrected chi connectivity index (χ0v) is 8.73. The zero-order chi connectivity index (χ0) is 8.55. The molecule has 0 radical (unpaired) electrons. The molecule has 2 aromatic rings. The van der Waals surface area contributed by atoms with Gasteiger partial charge >= 0.3 is 0 Å². The van der Waals surface area contributed by atoms with E-state index in [1.54, 1.807) is 0 Å². The first-order valence-corrected chi connectivity index (χ1v) is 5.01. The smallest absolute Gasteiger partial charge is 0.135 e. The fourth-order valence-electron chi connectivity index (χ4n) is 1.14. The molecule has 1 aromatic heterocycles. The second-order valence-corrected chi connectivity index (χ2v) is 3.78. The molecule has 12 heavy (non-hydrogen) atoms. The van der Waals surface area contributed by atoms with Gasteiger partial charge in [-0.05, 0) is 24.3 Å². The number of hydrogen-bond acceptors (Lipinski definition) is 2. The summed E-state index contributed by atoms with van der Waals surface area (Å²) >= 11 is 7.53. The highest BCUT2D eigenvalue weighted by atomic mass is 79.9. The summed E-state index contributed by atoms with van der Waals surface area (Å²) in [7, 11) is 0. The summed E-state index contributed by atoms with van der Waals surface area (Å²) < 4.78 is 6.53. The van der Waals surface area contributed by atoms with E-state index in [1.165, 1.54) is 0 Å². The van der Waals surface area contributed by atoms with Crippen molar-refractivity contribution in [2.24, 2.45) is 0 Å². The Bertz CT molecular complexity index is 408. The van der Waals surface area contributed by atoms with Gasteiger partial charge in [-0.3, -0.25) is 0 Å². The largest absolute Gasteiger partial charge is 0.460 e. The van der Waals surface area contributed by atoms with Crippen LogP contribution in [0.15, 0.2) is 33.2 Å². The number of furan rings is 1. The van der Waals surface area contributed by atoms with Crippen molar-refractivity contribution in [2.45, 2.75) is 5.75 Å². The summed E-state index contributed by atoms with van der Waals surface area (Å²) in [6, 6.07) is 7.99. The molecule has 62 valence electrons. The van der Waals surface area contributed by atoms with Crippen molar-refractivity contribution in [2.75, 3.05) is 0 Å². The quantitative estimate of drug-likeness (QED) is 0.755. The van der Waals surface area contributed by atoms with E-state index in [0.717, 1.165) is 21.2 Å². The van der Waals surface area contributed by atoms with E-state index in [0.29, 0.717) is 5.75 Å². The molecule has 3 heteroatoms. The van der Waals surface area contributed by atoms with E-state index in [1.807, 2.05) is 24.3 Å². The first-order chi connectivity index (χ1) is 5.79. The fraction of sp³-hybridized carbons (Fsp3) is 0.111. The lowest BCUT2D eigenvalue weighted by molar-refractivity contribution is 0.574. The molecule has 0 saturated carbocycles. The van der Waals surface area contributed by atoms with E-state index in [4.69, 9.17) is 4.42 Å². The molecule has 0 amide bonds. The second-order valence-electron chi connectivity index (χ2n) is 2.55. The van der Waals surface area contributed by atoms with Crippen LogP contribution in [0.2, 0.25) is 0 Å². The molecule has 2 rings (SSSR count). The second kappa shape index (κ2) is 3.15. The van der Waals surface area contributed by atoms with Crippen LogP contribution in [0.5, 0.6) is 0 Å². The highest BCUT2D eigenvalue weighted by Gasteiger charge is 2.01. The molecular formula is C9H7BrOS. The van der Waals surface area contributed by atoms with Crippen molar-refractivity contribution in [3.8, 4) is 0 Å². The minimum absolute atomic E-state index is 0.645. The molecule has 0 aliphatic carbocycles. The topological polar surface area (TPSA) is 13.1 Å².